The number of fused-ring (bicyclic) bond motifs is 1. The Kier molecular flexibility index (Phi) is 8.01. The summed E-state index contributed by atoms with van der Waals surface area (Å²) < 4.78 is 36.4. The minimum atomic E-state index is -0.762. The van der Waals surface area contributed by atoms with Crippen LogP contribution >= 0.6 is 0 Å². The van der Waals surface area contributed by atoms with Gasteiger partial charge in [-0.2, -0.15) is 0 Å². The molecule has 2 aromatic carbocycles. The zero-order chi connectivity index (χ0) is 24.1. The normalized spacial score (nSPS) is 26.2. The van der Waals surface area contributed by atoms with Crippen LogP contribution in [0.1, 0.15) is 44.7 Å². The van der Waals surface area contributed by atoms with Gasteiger partial charge in [-0.1, -0.05) is 42.5 Å². The third-order valence-corrected chi connectivity index (χ3v) is 6.08. The molecule has 0 spiro atoms. The van der Waals surface area contributed by atoms with Gasteiger partial charge in [0, 0.05) is 6.42 Å². The predicted octanol–water partition coefficient (Wildman–Crippen LogP) is 4.41. The molecule has 0 aliphatic carbocycles. The summed E-state index contributed by atoms with van der Waals surface area (Å²) in [7, 11) is 1.64. The minimum Gasteiger partial charge on any atom is -0.497 e. The Bertz CT molecular complexity index is 928. The highest BCUT2D eigenvalue weighted by Gasteiger charge is 2.57. The fourth-order valence-electron chi connectivity index (χ4n) is 4.37. The van der Waals surface area contributed by atoms with E-state index in [0.29, 0.717) is 26.1 Å². The van der Waals surface area contributed by atoms with Crippen molar-refractivity contribution in [3.8, 4) is 5.75 Å². The first-order valence-electron chi connectivity index (χ1n) is 11.8. The van der Waals surface area contributed by atoms with Crippen molar-refractivity contribution in [3.05, 3.63) is 65.7 Å². The second-order valence-corrected chi connectivity index (χ2v) is 9.27. The van der Waals surface area contributed by atoms with Crippen LogP contribution in [0.4, 0.5) is 0 Å². The fraction of sp³-hybridized carbons (Fsp3) is 0.519. The molecule has 184 valence electrons. The first-order chi connectivity index (χ1) is 16.3. The number of benzene rings is 2. The number of hydrogen-bond donors (Lipinski definition) is 0. The molecule has 0 radical (unpaired) electrons. The lowest BCUT2D eigenvalue weighted by molar-refractivity contribution is -0.235. The maximum atomic E-state index is 11.8. The van der Waals surface area contributed by atoms with Crippen molar-refractivity contribution in [1.29, 1.82) is 0 Å². The highest BCUT2D eigenvalue weighted by molar-refractivity contribution is 5.75. The van der Waals surface area contributed by atoms with Gasteiger partial charge in [-0.05, 0) is 50.5 Å². The van der Waals surface area contributed by atoms with E-state index in [-0.39, 0.29) is 11.9 Å². The Hall–Kier alpha value is -2.29. The van der Waals surface area contributed by atoms with E-state index in [0.717, 1.165) is 16.9 Å². The van der Waals surface area contributed by atoms with E-state index in [1.54, 1.807) is 14.0 Å². The molecule has 0 bridgehead atoms. The number of ketones is 1. The number of rotatable bonds is 11. The molecule has 0 saturated carbocycles. The zero-order valence-corrected chi connectivity index (χ0v) is 20.3. The number of carbonyl (C=O) groups excluding carboxylic acids is 1. The summed E-state index contributed by atoms with van der Waals surface area (Å²) >= 11 is 0. The lowest BCUT2D eigenvalue weighted by Gasteiger charge is -2.31. The monoisotopic (exact) mass is 470 g/mol. The van der Waals surface area contributed by atoms with E-state index in [2.05, 4.69) is 0 Å². The second kappa shape index (κ2) is 11.0. The summed E-state index contributed by atoms with van der Waals surface area (Å²) in [4.78, 5) is 11.8. The van der Waals surface area contributed by atoms with Crippen LogP contribution in [0.2, 0.25) is 0 Å². The summed E-state index contributed by atoms with van der Waals surface area (Å²) in [5.74, 6) is 0.136. The molecular formula is C27H34O7. The third kappa shape index (κ3) is 6.23. The Labute approximate surface area is 201 Å². The molecule has 2 aliphatic rings. The molecule has 2 heterocycles. The topological polar surface area (TPSA) is 72.5 Å². The average Bonchev–Trinajstić information content (AvgIpc) is 3.30. The van der Waals surface area contributed by atoms with Gasteiger partial charge in [-0.3, -0.25) is 0 Å². The summed E-state index contributed by atoms with van der Waals surface area (Å²) in [6, 6.07) is 17.7. The summed E-state index contributed by atoms with van der Waals surface area (Å²) in [6.07, 6.45) is -1.23. The van der Waals surface area contributed by atoms with Gasteiger partial charge in [0.2, 0.25) is 0 Å². The van der Waals surface area contributed by atoms with E-state index in [1.165, 1.54) is 0 Å². The second-order valence-electron chi connectivity index (χ2n) is 9.27. The van der Waals surface area contributed by atoms with Crippen LogP contribution in [0, 0.1) is 0 Å². The van der Waals surface area contributed by atoms with Crippen LogP contribution in [0.15, 0.2) is 54.6 Å². The molecule has 34 heavy (non-hydrogen) atoms. The van der Waals surface area contributed by atoms with Crippen LogP contribution in [0.25, 0.3) is 0 Å². The fourth-order valence-corrected chi connectivity index (χ4v) is 4.37. The quantitative estimate of drug-likeness (QED) is 0.482. The molecule has 1 unspecified atom stereocenters. The van der Waals surface area contributed by atoms with Crippen molar-refractivity contribution in [2.75, 3.05) is 7.11 Å². The number of ether oxygens (including phenoxy) is 6. The van der Waals surface area contributed by atoms with Crippen molar-refractivity contribution >= 4 is 5.78 Å². The van der Waals surface area contributed by atoms with Crippen LogP contribution < -0.4 is 4.74 Å². The predicted molar refractivity (Wildman–Crippen MR) is 125 cm³/mol. The molecule has 2 saturated heterocycles. The molecule has 0 N–H and O–H groups in total. The van der Waals surface area contributed by atoms with Gasteiger partial charge >= 0.3 is 0 Å². The highest BCUT2D eigenvalue weighted by Crippen LogP contribution is 2.41. The number of methoxy groups -OCH3 is 1. The maximum Gasteiger partial charge on any atom is 0.190 e. The molecule has 2 aromatic rings. The van der Waals surface area contributed by atoms with Crippen molar-refractivity contribution in [1.82, 2.24) is 0 Å². The zero-order valence-electron chi connectivity index (χ0n) is 20.3. The Morgan fingerprint density at radius 2 is 1.71 bits per heavy atom. The third-order valence-electron chi connectivity index (χ3n) is 6.08. The van der Waals surface area contributed by atoms with Gasteiger partial charge in [0.1, 0.15) is 29.8 Å². The van der Waals surface area contributed by atoms with Gasteiger partial charge in [0.15, 0.2) is 12.1 Å². The molecule has 5 atom stereocenters. The van der Waals surface area contributed by atoms with Crippen molar-refractivity contribution < 1.29 is 33.2 Å². The minimum absolute atomic E-state index is 0.107. The maximum absolute atomic E-state index is 11.8. The van der Waals surface area contributed by atoms with Gasteiger partial charge in [-0.25, -0.2) is 0 Å². The summed E-state index contributed by atoms with van der Waals surface area (Å²) in [5, 5.41) is 0. The van der Waals surface area contributed by atoms with Crippen LogP contribution in [-0.4, -0.2) is 49.4 Å². The van der Waals surface area contributed by atoms with E-state index >= 15 is 0 Å². The standard InChI is InChI=1S/C27H34O7/c1-18(28)10-15-22(30-16-19-8-6-5-7-9-19)23-24(25-26(32-23)34-27(2,3)33-25)31-17-20-11-13-21(29-4)14-12-20/h5-9,11-14,22-26H,10,15-17H2,1-4H3/t22-,23-,24+,25?,26-/m1/s1. The number of Topliss-reactive ketones (excluding diaryl/α,β-unsaturated/α-hetero) is 1. The van der Waals surface area contributed by atoms with Crippen LogP contribution in [0.5, 0.6) is 5.75 Å². The molecule has 4 rings (SSSR count). The molecule has 7 nitrogen and oxygen atoms in total. The number of hydrogen-bond acceptors (Lipinski definition) is 7. The average molecular weight is 471 g/mol. The Balaban J connectivity index is 1.50. The van der Waals surface area contributed by atoms with Crippen molar-refractivity contribution in [2.24, 2.45) is 0 Å². The largest absolute Gasteiger partial charge is 0.497 e. The molecule has 7 heteroatoms. The first kappa shape index (κ1) is 24.8. The molecule has 0 amide bonds. The lowest BCUT2D eigenvalue weighted by atomic mass is 10.00. The van der Waals surface area contributed by atoms with Crippen molar-refractivity contribution in [2.45, 2.75) is 83.3 Å². The van der Waals surface area contributed by atoms with E-state index < -0.39 is 30.4 Å². The smallest absolute Gasteiger partial charge is 0.190 e. The molecule has 0 aromatic heterocycles. The van der Waals surface area contributed by atoms with Gasteiger partial charge in [-0.15, -0.1) is 0 Å². The van der Waals surface area contributed by atoms with Gasteiger partial charge in [0.05, 0.1) is 26.4 Å². The molecule has 2 fully saturated rings. The number of carbonyl (C=O) groups is 1. The Morgan fingerprint density at radius 1 is 1.00 bits per heavy atom. The Morgan fingerprint density at radius 3 is 2.38 bits per heavy atom. The highest BCUT2D eigenvalue weighted by atomic mass is 16.8. The van der Waals surface area contributed by atoms with Crippen LogP contribution in [0.3, 0.4) is 0 Å². The van der Waals surface area contributed by atoms with E-state index in [9.17, 15) is 4.79 Å². The van der Waals surface area contributed by atoms with Crippen LogP contribution in [-0.2, 0) is 41.7 Å². The first-order valence-corrected chi connectivity index (χ1v) is 11.8. The SMILES string of the molecule is COc1ccc(CO[C@@H]2C3OC(C)(C)O[C@H]3O[C@@H]2[C@@H](CCC(C)=O)OCc2ccccc2)cc1. The summed E-state index contributed by atoms with van der Waals surface area (Å²) in [6.45, 7) is 6.11. The lowest BCUT2D eigenvalue weighted by Crippen LogP contribution is -2.43. The van der Waals surface area contributed by atoms with Gasteiger partial charge in [0.25, 0.3) is 0 Å². The van der Waals surface area contributed by atoms with Crippen molar-refractivity contribution in [3.63, 3.8) is 0 Å². The van der Waals surface area contributed by atoms with Gasteiger partial charge < -0.3 is 33.2 Å². The van der Waals surface area contributed by atoms with E-state index in [1.807, 2.05) is 68.4 Å². The molecule has 2 aliphatic heterocycles. The summed E-state index contributed by atoms with van der Waals surface area (Å²) in [5.41, 5.74) is 2.06. The molecular weight excluding hydrogens is 436 g/mol. The van der Waals surface area contributed by atoms with E-state index in [4.69, 9.17) is 28.4 Å².